The van der Waals surface area contributed by atoms with E-state index in [0.29, 0.717) is 21.5 Å². The molecule has 0 unspecified atom stereocenters. The molecule has 1 rings (SSSR count). The highest BCUT2D eigenvalue weighted by molar-refractivity contribution is 6.36. The van der Waals surface area contributed by atoms with Crippen LogP contribution in [0.4, 0.5) is 5.69 Å². The van der Waals surface area contributed by atoms with Crippen molar-refractivity contribution in [2.45, 2.75) is 0 Å². The maximum atomic E-state index is 5.74. The van der Waals surface area contributed by atoms with Crippen LogP contribution in [0.25, 0.3) is 0 Å². The Hall–Kier alpha value is -0.600. The van der Waals surface area contributed by atoms with E-state index in [-0.39, 0.29) is 0 Å². The molecule has 11 heavy (non-hydrogen) atoms. The lowest BCUT2D eigenvalue weighted by Gasteiger charge is -2.06. The molecule has 0 radical (unpaired) electrons. The Balaban J connectivity index is 3.29. The number of halogens is 2. The van der Waals surface area contributed by atoms with Gasteiger partial charge in [0.15, 0.2) is 5.75 Å². The fourth-order valence-electron chi connectivity index (χ4n) is 0.756. The number of hydrogen-bond donors (Lipinski definition) is 1. The summed E-state index contributed by atoms with van der Waals surface area (Å²) in [5.41, 5.74) is 5.93. The van der Waals surface area contributed by atoms with Gasteiger partial charge in [0.05, 0.1) is 22.8 Å². The minimum Gasteiger partial charge on any atom is -0.493 e. The topological polar surface area (TPSA) is 35.2 Å². The van der Waals surface area contributed by atoms with Gasteiger partial charge in [0.1, 0.15) is 0 Å². The van der Waals surface area contributed by atoms with Crippen LogP contribution in [-0.4, -0.2) is 7.11 Å². The molecule has 0 bridgehead atoms. The first-order valence-corrected chi connectivity index (χ1v) is 3.70. The number of anilines is 1. The van der Waals surface area contributed by atoms with E-state index >= 15 is 0 Å². The fourth-order valence-corrected chi connectivity index (χ4v) is 1.15. The molecule has 2 N–H and O–H groups in total. The average Bonchev–Trinajstić information content (AvgIpc) is 1.99. The average molecular weight is 192 g/mol. The summed E-state index contributed by atoms with van der Waals surface area (Å²) < 4.78 is 4.92. The smallest absolute Gasteiger partial charge is 0.161 e. The molecule has 0 aliphatic heterocycles. The highest BCUT2D eigenvalue weighted by Crippen LogP contribution is 2.35. The quantitative estimate of drug-likeness (QED) is 0.694. The maximum Gasteiger partial charge on any atom is 0.161 e. The van der Waals surface area contributed by atoms with Gasteiger partial charge in [0.2, 0.25) is 0 Å². The Morgan fingerprint density at radius 2 is 1.82 bits per heavy atom. The maximum absolute atomic E-state index is 5.74. The summed E-state index contributed by atoms with van der Waals surface area (Å²) in [6.45, 7) is 0. The molecule has 0 aliphatic carbocycles. The predicted octanol–water partition coefficient (Wildman–Crippen LogP) is 2.58. The molecule has 0 amide bonds. The lowest BCUT2D eigenvalue weighted by atomic mass is 10.3. The Kier molecular flexibility index (Phi) is 2.47. The van der Waals surface area contributed by atoms with Crippen molar-refractivity contribution in [3.8, 4) is 5.75 Å². The van der Waals surface area contributed by atoms with Crippen LogP contribution in [0.15, 0.2) is 12.1 Å². The summed E-state index contributed by atoms with van der Waals surface area (Å²) in [6, 6.07) is 3.26. The third-order valence-corrected chi connectivity index (χ3v) is 1.93. The molecule has 0 fully saturated rings. The van der Waals surface area contributed by atoms with Crippen molar-refractivity contribution in [1.82, 2.24) is 0 Å². The van der Waals surface area contributed by atoms with E-state index < -0.39 is 0 Å². The van der Waals surface area contributed by atoms with Crippen LogP contribution in [0.5, 0.6) is 5.75 Å². The summed E-state index contributed by atoms with van der Waals surface area (Å²) in [4.78, 5) is 0. The van der Waals surface area contributed by atoms with Crippen molar-refractivity contribution < 1.29 is 4.74 Å². The minimum atomic E-state index is 0.377. The molecular formula is C7H7Cl2NO. The minimum absolute atomic E-state index is 0.377. The molecule has 0 spiro atoms. The van der Waals surface area contributed by atoms with Crippen LogP contribution < -0.4 is 10.5 Å². The first kappa shape index (κ1) is 8.50. The molecule has 0 atom stereocenters. The highest BCUT2D eigenvalue weighted by atomic mass is 35.5. The molecule has 1 aromatic rings. The van der Waals surface area contributed by atoms with E-state index in [1.54, 1.807) is 12.1 Å². The van der Waals surface area contributed by atoms with Gasteiger partial charge in [-0.15, -0.1) is 0 Å². The number of ether oxygens (including phenoxy) is 1. The first-order valence-electron chi connectivity index (χ1n) is 2.94. The molecule has 0 aliphatic rings. The zero-order chi connectivity index (χ0) is 8.43. The summed E-state index contributed by atoms with van der Waals surface area (Å²) in [5.74, 6) is 0.430. The summed E-state index contributed by atoms with van der Waals surface area (Å²) >= 11 is 11.4. The van der Waals surface area contributed by atoms with Crippen molar-refractivity contribution in [2.75, 3.05) is 12.8 Å². The zero-order valence-electron chi connectivity index (χ0n) is 5.90. The van der Waals surface area contributed by atoms with Crippen molar-refractivity contribution >= 4 is 28.9 Å². The van der Waals surface area contributed by atoms with Crippen LogP contribution in [0, 0.1) is 0 Å². The third kappa shape index (κ3) is 1.52. The van der Waals surface area contributed by atoms with Crippen molar-refractivity contribution in [1.29, 1.82) is 0 Å². The summed E-state index contributed by atoms with van der Waals surface area (Å²) in [5, 5.41) is 0.917. The van der Waals surface area contributed by atoms with Crippen molar-refractivity contribution in [3.63, 3.8) is 0 Å². The molecule has 0 saturated heterocycles. The number of benzene rings is 1. The number of nitrogens with two attached hydrogens (primary N) is 1. The predicted molar refractivity (Wildman–Crippen MR) is 47.4 cm³/mol. The number of methoxy groups -OCH3 is 1. The largest absolute Gasteiger partial charge is 0.493 e. The molecule has 1 aromatic carbocycles. The van der Waals surface area contributed by atoms with Gasteiger partial charge >= 0.3 is 0 Å². The van der Waals surface area contributed by atoms with Crippen LogP contribution in [-0.2, 0) is 0 Å². The number of nitrogen functional groups attached to an aromatic ring is 1. The van der Waals surface area contributed by atoms with E-state index in [9.17, 15) is 0 Å². The zero-order valence-corrected chi connectivity index (χ0v) is 7.41. The Bertz CT molecular complexity index is 275. The second-order valence-electron chi connectivity index (χ2n) is 1.98. The molecule has 0 saturated carbocycles. The second kappa shape index (κ2) is 3.20. The Labute approximate surface area is 74.9 Å². The molecule has 4 heteroatoms. The van der Waals surface area contributed by atoms with E-state index in [1.165, 1.54) is 7.11 Å². The van der Waals surface area contributed by atoms with Gasteiger partial charge < -0.3 is 10.5 Å². The van der Waals surface area contributed by atoms with Gasteiger partial charge in [-0.3, -0.25) is 0 Å². The molecule has 0 heterocycles. The first-order chi connectivity index (χ1) is 5.16. The van der Waals surface area contributed by atoms with Gasteiger partial charge in [0, 0.05) is 0 Å². The van der Waals surface area contributed by atoms with Crippen LogP contribution in [0.1, 0.15) is 0 Å². The lowest BCUT2D eigenvalue weighted by molar-refractivity contribution is 0.417. The second-order valence-corrected chi connectivity index (χ2v) is 2.79. The van der Waals surface area contributed by atoms with E-state index in [1.807, 2.05) is 0 Å². The molecule has 60 valence electrons. The lowest BCUT2D eigenvalue weighted by Crippen LogP contribution is -1.93. The molecular weight excluding hydrogens is 185 g/mol. The van der Waals surface area contributed by atoms with Gasteiger partial charge in [0.25, 0.3) is 0 Å². The van der Waals surface area contributed by atoms with Gasteiger partial charge in [-0.05, 0) is 12.1 Å². The number of hydrogen-bond acceptors (Lipinski definition) is 2. The van der Waals surface area contributed by atoms with Gasteiger partial charge in [-0.2, -0.15) is 0 Å². The molecule has 2 nitrogen and oxygen atoms in total. The highest BCUT2D eigenvalue weighted by Gasteiger charge is 2.07. The summed E-state index contributed by atoms with van der Waals surface area (Å²) in [7, 11) is 1.49. The van der Waals surface area contributed by atoms with Crippen LogP contribution in [0.2, 0.25) is 10.0 Å². The van der Waals surface area contributed by atoms with Crippen LogP contribution in [0.3, 0.4) is 0 Å². The van der Waals surface area contributed by atoms with E-state index in [4.69, 9.17) is 33.7 Å². The number of rotatable bonds is 1. The SMILES string of the molecule is COc1c(Cl)ccc(Cl)c1N. The molecule has 0 aromatic heterocycles. The standard InChI is InChI=1S/C7H7Cl2NO/c1-11-7-5(9)3-2-4(8)6(7)10/h2-3H,10H2,1H3. The summed E-state index contributed by atoms with van der Waals surface area (Å²) in [6.07, 6.45) is 0. The van der Waals surface area contributed by atoms with Crippen molar-refractivity contribution in [2.24, 2.45) is 0 Å². The van der Waals surface area contributed by atoms with Crippen molar-refractivity contribution in [3.05, 3.63) is 22.2 Å². The normalized spacial score (nSPS) is 9.73. The third-order valence-electron chi connectivity index (χ3n) is 1.30. The Morgan fingerprint density at radius 3 is 2.27 bits per heavy atom. The monoisotopic (exact) mass is 191 g/mol. The fraction of sp³-hybridized carbons (Fsp3) is 0.143. The van der Waals surface area contributed by atoms with Crippen LogP contribution >= 0.6 is 23.2 Å². The van der Waals surface area contributed by atoms with E-state index in [2.05, 4.69) is 0 Å². The Morgan fingerprint density at radius 1 is 1.27 bits per heavy atom. The van der Waals surface area contributed by atoms with Gasteiger partial charge in [-0.1, -0.05) is 23.2 Å². The van der Waals surface area contributed by atoms with E-state index in [0.717, 1.165) is 0 Å². The van der Waals surface area contributed by atoms with Gasteiger partial charge in [-0.25, -0.2) is 0 Å².